The van der Waals surface area contributed by atoms with Crippen LogP contribution in [-0.2, 0) is 11.3 Å². The zero-order chi connectivity index (χ0) is 9.10. The van der Waals surface area contributed by atoms with E-state index in [0.717, 1.165) is 16.6 Å². The molecule has 2 rings (SSSR count). The van der Waals surface area contributed by atoms with Crippen molar-refractivity contribution < 1.29 is 4.79 Å². The first-order valence-corrected chi connectivity index (χ1v) is 3.86. The molecule has 1 heterocycles. The van der Waals surface area contributed by atoms with Gasteiger partial charge in [-0.1, -0.05) is 6.07 Å². The van der Waals surface area contributed by atoms with Crippen LogP contribution >= 0.6 is 0 Å². The minimum absolute atomic E-state index is 0.373. The molecule has 0 aliphatic rings. The van der Waals surface area contributed by atoms with Gasteiger partial charge in [0.2, 0.25) is 6.08 Å². The molecule has 1 aromatic heterocycles. The van der Waals surface area contributed by atoms with Crippen LogP contribution < -0.4 is 0 Å². The molecule has 64 valence electrons. The summed E-state index contributed by atoms with van der Waals surface area (Å²) in [6, 6.07) is 5.70. The van der Waals surface area contributed by atoms with Gasteiger partial charge in [0.25, 0.3) is 0 Å². The third-order valence-electron chi connectivity index (χ3n) is 1.81. The SMILES string of the molecule is O=C=NCc1ccc2nc[nH]c2c1. The first kappa shape index (κ1) is 7.71. The summed E-state index contributed by atoms with van der Waals surface area (Å²) in [5, 5.41) is 0. The van der Waals surface area contributed by atoms with Crippen molar-refractivity contribution in [2.45, 2.75) is 6.54 Å². The van der Waals surface area contributed by atoms with Gasteiger partial charge in [-0.05, 0) is 17.7 Å². The average molecular weight is 173 g/mol. The number of carbonyl (C=O) groups excluding carboxylic acids is 1. The number of isocyanates is 1. The Bertz CT molecular complexity index is 468. The van der Waals surface area contributed by atoms with Crippen molar-refractivity contribution in [1.82, 2.24) is 9.97 Å². The van der Waals surface area contributed by atoms with Gasteiger partial charge in [0, 0.05) is 0 Å². The Balaban J connectivity index is 2.42. The number of aliphatic imine (C=N–C) groups is 1. The molecule has 0 spiro atoms. The molecule has 0 bridgehead atoms. The molecule has 0 aliphatic heterocycles. The molecule has 0 saturated heterocycles. The van der Waals surface area contributed by atoms with Crippen LogP contribution in [-0.4, -0.2) is 16.0 Å². The second-order valence-corrected chi connectivity index (χ2v) is 2.66. The molecule has 0 amide bonds. The third-order valence-corrected chi connectivity index (χ3v) is 1.81. The molecule has 4 heteroatoms. The van der Waals surface area contributed by atoms with E-state index >= 15 is 0 Å². The van der Waals surface area contributed by atoms with Crippen LogP contribution in [0, 0.1) is 0 Å². The molecule has 0 saturated carbocycles. The van der Waals surface area contributed by atoms with E-state index in [1.165, 1.54) is 6.08 Å². The Hall–Kier alpha value is -1.93. The van der Waals surface area contributed by atoms with Crippen molar-refractivity contribution in [3.05, 3.63) is 30.1 Å². The lowest BCUT2D eigenvalue weighted by molar-refractivity contribution is 0.563. The molecular weight excluding hydrogens is 166 g/mol. The highest BCUT2D eigenvalue weighted by Crippen LogP contribution is 2.11. The summed E-state index contributed by atoms with van der Waals surface area (Å²) in [6.45, 7) is 0.373. The summed E-state index contributed by atoms with van der Waals surface area (Å²) in [6.07, 6.45) is 3.14. The summed E-state index contributed by atoms with van der Waals surface area (Å²) in [5.74, 6) is 0. The van der Waals surface area contributed by atoms with E-state index in [-0.39, 0.29) is 0 Å². The number of rotatable bonds is 2. The van der Waals surface area contributed by atoms with E-state index in [1.54, 1.807) is 6.33 Å². The Kier molecular flexibility index (Phi) is 1.90. The Morgan fingerprint density at radius 2 is 2.46 bits per heavy atom. The Morgan fingerprint density at radius 1 is 1.54 bits per heavy atom. The fourth-order valence-corrected chi connectivity index (χ4v) is 1.20. The predicted octanol–water partition coefficient (Wildman–Crippen LogP) is 1.40. The topological polar surface area (TPSA) is 58.1 Å². The smallest absolute Gasteiger partial charge is 0.235 e. The molecule has 0 unspecified atom stereocenters. The number of hydrogen-bond donors (Lipinski definition) is 1. The minimum Gasteiger partial charge on any atom is -0.345 e. The summed E-state index contributed by atoms with van der Waals surface area (Å²) < 4.78 is 0. The molecule has 0 fully saturated rings. The zero-order valence-electron chi connectivity index (χ0n) is 6.82. The molecule has 4 nitrogen and oxygen atoms in total. The van der Waals surface area contributed by atoms with E-state index in [0.29, 0.717) is 6.54 Å². The molecule has 1 N–H and O–H groups in total. The fourth-order valence-electron chi connectivity index (χ4n) is 1.20. The number of fused-ring (bicyclic) bond motifs is 1. The van der Waals surface area contributed by atoms with Gasteiger partial charge in [0.05, 0.1) is 23.9 Å². The summed E-state index contributed by atoms with van der Waals surface area (Å²) in [5.41, 5.74) is 2.84. The maximum atomic E-state index is 9.88. The zero-order valence-corrected chi connectivity index (χ0v) is 6.82. The molecule has 2 aromatic rings. The average Bonchev–Trinajstić information content (AvgIpc) is 2.61. The standard InChI is InChI=1S/C9H7N3O/c13-6-10-4-7-1-2-8-9(3-7)12-5-11-8/h1-3,5H,4H2,(H,11,12). The number of imidazole rings is 1. The quantitative estimate of drug-likeness (QED) is 0.551. The van der Waals surface area contributed by atoms with Crippen molar-refractivity contribution in [3.8, 4) is 0 Å². The number of aromatic amines is 1. The summed E-state index contributed by atoms with van der Waals surface area (Å²) in [4.78, 5) is 20.4. The van der Waals surface area contributed by atoms with E-state index in [9.17, 15) is 4.79 Å². The number of hydrogen-bond acceptors (Lipinski definition) is 3. The van der Waals surface area contributed by atoms with Gasteiger partial charge in [-0.15, -0.1) is 0 Å². The van der Waals surface area contributed by atoms with Crippen molar-refractivity contribution in [3.63, 3.8) is 0 Å². The highest BCUT2D eigenvalue weighted by Gasteiger charge is 1.96. The van der Waals surface area contributed by atoms with Gasteiger partial charge >= 0.3 is 0 Å². The fraction of sp³-hybridized carbons (Fsp3) is 0.111. The molecule has 1 aromatic carbocycles. The molecular formula is C9H7N3O. The van der Waals surface area contributed by atoms with Crippen LogP contribution in [0.3, 0.4) is 0 Å². The van der Waals surface area contributed by atoms with Crippen LogP contribution in [0.5, 0.6) is 0 Å². The highest BCUT2D eigenvalue weighted by molar-refractivity contribution is 5.75. The number of nitrogens with zero attached hydrogens (tertiary/aromatic N) is 2. The molecule has 0 radical (unpaired) electrons. The van der Waals surface area contributed by atoms with Gasteiger partial charge < -0.3 is 4.98 Å². The van der Waals surface area contributed by atoms with Crippen molar-refractivity contribution in [2.24, 2.45) is 4.99 Å². The van der Waals surface area contributed by atoms with Gasteiger partial charge in [-0.25, -0.2) is 14.8 Å². The summed E-state index contributed by atoms with van der Waals surface area (Å²) in [7, 11) is 0. The lowest BCUT2D eigenvalue weighted by atomic mass is 10.2. The van der Waals surface area contributed by atoms with Gasteiger partial charge in [-0.3, -0.25) is 0 Å². The Labute approximate surface area is 74.3 Å². The maximum absolute atomic E-state index is 9.88. The van der Waals surface area contributed by atoms with Crippen molar-refractivity contribution in [1.29, 1.82) is 0 Å². The molecule has 0 atom stereocenters. The van der Waals surface area contributed by atoms with Crippen LogP contribution in [0.25, 0.3) is 11.0 Å². The Morgan fingerprint density at radius 3 is 3.31 bits per heavy atom. The molecule has 13 heavy (non-hydrogen) atoms. The number of H-pyrrole nitrogens is 1. The lowest BCUT2D eigenvalue weighted by Crippen LogP contribution is -1.80. The van der Waals surface area contributed by atoms with Crippen molar-refractivity contribution >= 4 is 17.1 Å². The van der Waals surface area contributed by atoms with Crippen molar-refractivity contribution in [2.75, 3.05) is 0 Å². The summed E-state index contributed by atoms with van der Waals surface area (Å²) >= 11 is 0. The van der Waals surface area contributed by atoms with Crippen LogP contribution in [0.2, 0.25) is 0 Å². The normalized spacial score (nSPS) is 9.85. The first-order chi connectivity index (χ1) is 6.40. The van der Waals surface area contributed by atoms with Gasteiger partial charge in [-0.2, -0.15) is 0 Å². The van der Waals surface area contributed by atoms with Crippen LogP contribution in [0.15, 0.2) is 29.5 Å². The van der Waals surface area contributed by atoms with E-state index in [2.05, 4.69) is 15.0 Å². The largest absolute Gasteiger partial charge is 0.345 e. The van der Waals surface area contributed by atoms with Gasteiger partial charge in [0.15, 0.2) is 0 Å². The van der Waals surface area contributed by atoms with Crippen LogP contribution in [0.1, 0.15) is 5.56 Å². The highest BCUT2D eigenvalue weighted by atomic mass is 16.1. The maximum Gasteiger partial charge on any atom is 0.235 e. The number of nitrogens with one attached hydrogen (secondary N) is 1. The van der Waals surface area contributed by atoms with E-state index in [1.807, 2.05) is 18.2 Å². The lowest BCUT2D eigenvalue weighted by Gasteiger charge is -1.93. The van der Waals surface area contributed by atoms with Crippen LogP contribution in [0.4, 0.5) is 0 Å². The molecule has 0 aliphatic carbocycles. The van der Waals surface area contributed by atoms with Gasteiger partial charge in [0.1, 0.15) is 0 Å². The minimum atomic E-state index is 0.373. The second kappa shape index (κ2) is 3.21. The van der Waals surface area contributed by atoms with E-state index in [4.69, 9.17) is 0 Å². The first-order valence-electron chi connectivity index (χ1n) is 3.86. The monoisotopic (exact) mass is 173 g/mol. The predicted molar refractivity (Wildman–Crippen MR) is 47.9 cm³/mol. The second-order valence-electron chi connectivity index (χ2n) is 2.66. The third kappa shape index (κ3) is 1.48. The number of aromatic nitrogens is 2. The number of benzene rings is 1. The van der Waals surface area contributed by atoms with E-state index < -0.39 is 0 Å².